The van der Waals surface area contributed by atoms with E-state index < -0.39 is 0 Å². The molecule has 1 aromatic rings. The van der Waals surface area contributed by atoms with Crippen molar-refractivity contribution in [3.8, 4) is 5.75 Å². The minimum atomic E-state index is 0.131. The molecule has 1 aromatic carbocycles. The molecule has 1 aliphatic heterocycles. The summed E-state index contributed by atoms with van der Waals surface area (Å²) < 4.78 is 5.59. The smallest absolute Gasteiger partial charge is 0.153 e. The molecule has 3 heteroatoms. The lowest BCUT2D eigenvalue weighted by Gasteiger charge is -2.22. The monoisotopic (exact) mass is 254 g/mol. The predicted octanol–water partition coefficient (Wildman–Crippen LogP) is 2.47. The highest BCUT2D eigenvalue weighted by Crippen LogP contribution is 2.30. The SMILES string of the molecule is O=CCc1ccc2c(c1)CCC(Br)O2. The van der Waals surface area contributed by atoms with E-state index in [-0.39, 0.29) is 5.01 Å². The molecule has 1 heterocycles. The Balaban J connectivity index is 2.26. The van der Waals surface area contributed by atoms with Crippen molar-refractivity contribution in [2.75, 3.05) is 0 Å². The summed E-state index contributed by atoms with van der Waals surface area (Å²) in [5.41, 5.74) is 2.27. The van der Waals surface area contributed by atoms with Gasteiger partial charge in [0.25, 0.3) is 0 Å². The second-order valence-corrected chi connectivity index (χ2v) is 4.40. The van der Waals surface area contributed by atoms with Gasteiger partial charge in [-0.25, -0.2) is 0 Å². The van der Waals surface area contributed by atoms with Crippen molar-refractivity contribution in [3.63, 3.8) is 0 Å². The molecule has 0 saturated heterocycles. The van der Waals surface area contributed by atoms with Crippen molar-refractivity contribution in [1.82, 2.24) is 0 Å². The Bertz CT molecular complexity index is 349. The predicted molar refractivity (Wildman–Crippen MR) is 57.9 cm³/mol. The molecule has 0 spiro atoms. The number of alkyl halides is 1. The van der Waals surface area contributed by atoms with Gasteiger partial charge in [-0.15, -0.1) is 0 Å². The summed E-state index contributed by atoms with van der Waals surface area (Å²) in [5, 5.41) is 0.131. The van der Waals surface area contributed by atoms with Crippen LogP contribution in [0, 0.1) is 0 Å². The fourth-order valence-electron chi connectivity index (χ4n) is 1.63. The molecule has 0 bridgehead atoms. The minimum absolute atomic E-state index is 0.131. The second kappa shape index (κ2) is 4.13. The lowest BCUT2D eigenvalue weighted by Crippen LogP contribution is -2.16. The average Bonchev–Trinajstić information content (AvgIpc) is 2.19. The standard InChI is InChI=1S/C11H11BrO2/c12-11-4-2-9-7-8(5-6-13)1-3-10(9)14-11/h1,3,6-7,11H,2,4-5H2. The summed E-state index contributed by atoms with van der Waals surface area (Å²) in [6.45, 7) is 0. The quantitative estimate of drug-likeness (QED) is 0.599. The van der Waals surface area contributed by atoms with Gasteiger partial charge in [0.15, 0.2) is 5.01 Å². The van der Waals surface area contributed by atoms with Crippen LogP contribution in [0.25, 0.3) is 0 Å². The van der Waals surface area contributed by atoms with Crippen LogP contribution in [0.5, 0.6) is 5.75 Å². The number of fused-ring (bicyclic) bond motifs is 1. The Morgan fingerprint density at radius 3 is 3.21 bits per heavy atom. The van der Waals surface area contributed by atoms with Crippen molar-refractivity contribution in [3.05, 3.63) is 29.3 Å². The molecule has 0 aromatic heterocycles. The van der Waals surface area contributed by atoms with Crippen molar-refractivity contribution in [2.45, 2.75) is 24.3 Å². The summed E-state index contributed by atoms with van der Waals surface area (Å²) in [6.07, 6.45) is 3.42. The van der Waals surface area contributed by atoms with E-state index in [1.165, 1.54) is 5.56 Å². The zero-order valence-electron chi connectivity index (χ0n) is 7.70. The third-order valence-electron chi connectivity index (χ3n) is 2.34. The molecule has 0 amide bonds. The van der Waals surface area contributed by atoms with Crippen molar-refractivity contribution in [1.29, 1.82) is 0 Å². The van der Waals surface area contributed by atoms with Crippen LogP contribution in [0.4, 0.5) is 0 Å². The topological polar surface area (TPSA) is 26.3 Å². The van der Waals surface area contributed by atoms with E-state index in [4.69, 9.17) is 4.74 Å². The Labute approximate surface area is 91.4 Å². The average molecular weight is 255 g/mol. The molecule has 1 unspecified atom stereocenters. The number of aryl methyl sites for hydroxylation is 1. The van der Waals surface area contributed by atoms with Gasteiger partial charge in [-0.3, -0.25) is 0 Å². The maximum atomic E-state index is 10.4. The molecule has 1 atom stereocenters. The minimum Gasteiger partial charge on any atom is -0.479 e. The van der Waals surface area contributed by atoms with Crippen LogP contribution in [-0.2, 0) is 17.6 Å². The van der Waals surface area contributed by atoms with Gasteiger partial charge >= 0.3 is 0 Å². The van der Waals surface area contributed by atoms with Gasteiger partial charge in [0, 0.05) is 6.42 Å². The van der Waals surface area contributed by atoms with Gasteiger partial charge in [0.1, 0.15) is 12.0 Å². The molecule has 0 N–H and O–H groups in total. The van der Waals surface area contributed by atoms with Crippen LogP contribution < -0.4 is 4.74 Å². The number of carbonyl (C=O) groups is 1. The first-order valence-electron chi connectivity index (χ1n) is 4.66. The number of hydrogen-bond donors (Lipinski definition) is 0. The number of aldehydes is 1. The molecule has 2 nitrogen and oxygen atoms in total. The highest BCUT2D eigenvalue weighted by atomic mass is 79.9. The van der Waals surface area contributed by atoms with E-state index in [1.54, 1.807) is 0 Å². The van der Waals surface area contributed by atoms with E-state index in [0.717, 1.165) is 30.4 Å². The number of carbonyl (C=O) groups excluding carboxylic acids is 1. The van der Waals surface area contributed by atoms with E-state index in [0.29, 0.717) is 6.42 Å². The Kier molecular flexibility index (Phi) is 2.87. The Hall–Kier alpha value is -0.830. The number of ether oxygens (including phenoxy) is 1. The highest BCUT2D eigenvalue weighted by Gasteiger charge is 2.16. The van der Waals surface area contributed by atoms with Crippen LogP contribution in [0.15, 0.2) is 18.2 Å². The molecule has 74 valence electrons. The largest absolute Gasteiger partial charge is 0.479 e. The number of hydrogen-bond acceptors (Lipinski definition) is 2. The fraction of sp³-hybridized carbons (Fsp3) is 0.364. The van der Waals surface area contributed by atoms with Gasteiger partial charge in [-0.2, -0.15) is 0 Å². The number of rotatable bonds is 2. The van der Waals surface area contributed by atoms with Crippen molar-refractivity contribution in [2.24, 2.45) is 0 Å². The maximum absolute atomic E-state index is 10.4. The third-order valence-corrected chi connectivity index (χ3v) is 2.98. The molecule has 0 radical (unpaired) electrons. The number of benzene rings is 1. The maximum Gasteiger partial charge on any atom is 0.153 e. The van der Waals surface area contributed by atoms with Gasteiger partial charge in [-0.05, 0) is 46.0 Å². The van der Waals surface area contributed by atoms with Gasteiger partial charge < -0.3 is 9.53 Å². The van der Waals surface area contributed by atoms with Crippen LogP contribution in [0.2, 0.25) is 0 Å². The second-order valence-electron chi connectivity index (χ2n) is 3.38. The fourth-order valence-corrected chi connectivity index (χ4v) is 2.06. The highest BCUT2D eigenvalue weighted by molar-refractivity contribution is 9.09. The molecule has 2 rings (SSSR count). The van der Waals surface area contributed by atoms with E-state index in [1.807, 2.05) is 12.1 Å². The van der Waals surface area contributed by atoms with E-state index in [9.17, 15) is 4.79 Å². The molecule has 0 fully saturated rings. The summed E-state index contributed by atoms with van der Waals surface area (Å²) in [5.74, 6) is 0.938. The summed E-state index contributed by atoms with van der Waals surface area (Å²) >= 11 is 3.43. The molecule has 0 saturated carbocycles. The first-order chi connectivity index (χ1) is 6.79. The lowest BCUT2D eigenvalue weighted by atomic mass is 10.0. The van der Waals surface area contributed by atoms with Gasteiger partial charge in [0.2, 0.25) is 0 Å². The zero-order valence-corrected chi connectivity index (χ0v) is 9.29. The van der Waals surface area contributed by atoms with Gasteiger partial charge in [-0.1, -0.05) is 12.1 Å². The lowest BCUT2D eigenvalue weighted by molar-refractivity contribution is -0.107. The molecular formula is C11H11BrO2. The first kappa shape index (κ1) is 9.71. The van der Waals surface area contributed by atoms with Crippen LogP contribution in [0.1, 0.15) is 17.5 Å². The molecule has 0 aliphatic carbocycles. The summed E-state index contributed by atoms with van der Waals surface area (Å²) in [4.78, 5) is 10.4. The van der Waals surface area contributed by atoms with E-state index in [2.05, 4.69) is 22.0 Å². The van der Waals surface area contributed by atoms with Crippen molar-refractivity contribution >= 4 is 22.2 Å². The molecular weight excluding hydrogens is 244 g/mol. The van der Waals surface area contributed by atoms with Crippen molar-refractivity contribution < 1.29 is 9.53 Å². The third kappa shape index (κ3) is 1.98. The Morgan fingerprint density at radius 2 is 2.43 bits per heavy atom. The Morgan fingerprint density at radius 1 is 1.57 bits per heavy atom. The summed E-state index contributed by atoms with van der Waals surface area (Å²) in [6, 6.07) is 5.95. The normalized spacial score (nSPS) is 19.6. The van der Waals surface area contributed by atoms with Gasteiger partial charge in [0.05, 0.1) is 0 Å². The zero-order chi connectivity index (χ0) is 9.97. The van der Waals surface area contributed by atoms with Crippen LogP contribution in [-0.4, -0.2) is 11.3 Å². The summed E-state index contributed by atoms with van der Waals surface area (Å²) in [7, 11) is 0. The number of halogens is 1. The van der Waals surface area contributed by atoms with Crippen LogP contribution >= 0.6 is 15.9 Å². The van der Waals surface area contributed by atoms with E-state index >= 15 is 0 Å². The van der Waals surface area contributed by atoms with Crippen LogP contribution in [0.3, 0.4) is 0 Å². The first-order valence-corrected chi connectivity index (χ1v) is 5.57. The molecule has 1 aliphatic rings. The molecule has 14 heavy (non-hydrogen) atoms.